The van der Waals surface area contributed by atoms with Crippen LogP contribution in [0, 0.1) is 5.92 Å². The van der Waals surface area contributed by atoms with Crippen LogP contribution >= 0.6 is 0 Å². The van der Waals surface area contributed by atoms with Gasteiger partial charge in [0.1, 0.15) is 0 Å². The van der Waals surface area contributed by atoms with Crippen molar-refractivity contribution in [3.63, 3.8) is 0 Å². The normalized spacial score (nSPS) is 25.6. The molecular formula is C16H22N2O2. The third-order valence-electron chi connectivity index (χ3n) is 4.39. The summed E-state index contributed by atoms with van der Waals surface area (Å²) in [7, 11) is 0. The van der Waals surface area contributed by atoms with E-state index in [9.17, 15) is 4.79 Å². The first-order chi connectivity index (χ1) is 9.79. The standard InChI is InChI=1S/C16H22N2O2/c1-2-20-16(19)18-9-7-12(8-10-18)14-11-17-15-6-4-3-5-13(14)15/h3-5,11-12,15,17H,2,6-10H2,1H3. The number of carbonyl (C=O) groups excluding carboxylic acids is 1. The van der Waals surface area contributed by atoms with Crippen LogP contribution in [0.15, 0.2) is 35.6 Å². The third kappa shape index (κ3) is 2.47. The van der Waals surface area contributed by atoms with Crippen molar-refractivity contribution < 1.29 is 9.53 Å². The molecule has 1 amide bonds. The lowest BCUT2D eigenvalue weighted by atomic mass is 9.83. The van der Waals surface area contributed by atoms with Gasteiger partial charge < -0.3 is 15.0 Å². The van der Waals surface area contributed by atoms with Gasteiger partial charge in [-0.25, -0.2) is 4.79 Å². The van der Waals surface area contributed by atoms with Crippen LogP contribution < -0.4 is 5.32 Å². The van der Waals surface area contributed by atoms with E-state index in [4.69, 9.17) is 4.74 Å². The molecule has 1 N–H and O–H groups in total. The van der Waals surface area contributed by atoms with E-state index in [2.05, 4.69) is 29.7 Å². The molecular weight excluding hydrogens is 252 g/mol. The molecule has 0 saturated carbocycles. The molecule has 0 radical (unpaired) electrons. The SMILES string of the molecule is CCOC(=O)N1CCC(C2=CNC3CC=CC=C23)CC1. The second kappa shape index (κ2) is 5.73. The first-order valence-corrected chi connectivity index (χ1v) is 7.54. The van der Waals surface area contributed by atoms with Crippen molar-refractivity contribution in [2.45, 2.75) is 32.2 Å². The summed E-state index contributed by atoms with van der Waals surface area (Å²) in [6, 6.07) is 0.470. The first-order valence-electron chi connectivity index (χ1n) is 7.54. The van der Waals surface area contributed by atoms with Gasteiger partial charge in [-0.05, 0) is 43.3 Å². The molecule has 0 aromatic heterocycles. The van der Waals surface area contributed by atoms with Gasteiger partial charge in [0.05, 0.1) is 12.6 Å². The lowest BCUT2D eigenvalue weighted by molar-refractivity contribution is 0.0947. The number of rotatable bonds is 2. The fraction of sp³-hybridized carbons (Fsp3) is 0.562. The van der Waals surface area contributed by atoms with Crippen molar-refractivity contribution in [2.24, 2.45) is 5.92 Å². The zero-order valence-electron chi connectivity index (χ0n) is 12.0. The summed E-state index contributed by atoms with van der Waals surface area (Å²) >= 11 is 0. The van der Waals surface area contributed by atoms with Gasteiger partial charge in [0.25, 0.3) is 0 Å². The van der Waals surface area contributed by atoms with Gasteiger partial charge in [-0.2, -0.15) is 0 Å². The van der Waals surface area contributed by atoms with E-state index in [1.807, 2.05) is 11.8 Å². The Morgan fingerprint density at radius 3 is 2.95 bits per heavy atom. The Morgan fingerprint density at radius 2 is 2.20 bits per heavy atom. The molecule has 0 aromatic carbocycles. The van der Waals surface area contributed by atoms with E-state index < -0.39 is 0 Å². The largest absolute Gasteiger partial charge is 0.450 e. The molecule has 3 aliphatic rings. The fourth-order valence-corrected chi connectivity index (χ4v) is 3.30. The van der Waals surface area contributed by atoms with Crippen molar-refractivity contribution in [1.82, 2.24) is 10.2 Å². The van der Waals surface area contributed by atoms with Crippen molar-refractivity contribution in [1.29, 1.82) is 0 Å². The molecule has 4 nitrogen and oxygen atoms in total. The average Bonchev–Trinajstić information content (AvgIpc) is 2.92. The molecule has 2 aliphatic heterocycles. The van der Waals surface area contributed by atoms with Crippen molar-refractivity contribution in [3.05, 3.63) is 35.6 Å². The van der Waals surface area contributed by atoms with Crippen LogP contribution in [0.4, 0.5) is 4.79 Å². The monoisotopic (exact) mass is 274 g/mol. The maximum atomic E-state index is 11.7. The van der Waals surface area contributed by atoms with Crippen LogP contribution in [-0.2, 0) is 4.74 Å². The van der Waals surface area contributed by atoms with E-state index in [1.165, 1.54) is 11.1 Å². The van der Waals surface area contributed by atoms with Crippen LogP contribution in [0.2, 0.25) is 0 Å². The van der Waals surface area contributed by atoms with E-state index in [1.54, 1.807) is 0 Å². The summed E-state index contributed by atoms with van der Waals surface area (Å²) in [5.74, 6) is 0.566. The second-order valence-corrected chi connectivity index (χ2v) is 5.57. The number of nitrogens with one attached hydrogen (secondary N) is 1. The predicted octanol–water partition coefficient (Wildman–Crippen LogP) is 2.60. The quantitative estimate of drug-likeness (QED) is 0.841. The highest BCUT2D eigenvalue weighted by molar-refractivity contribution is 5.67. The Balaban J connectivity index is 1.60. The van der Waals surface area contributed by atoms with Crippen LogP contribution in [0.5, 0.6) is 0 Å². The topological polar surface area (TPSA) is 41.6 Å². The minimum absolute atomic E-state index is 0.165. The number of fused-ring (bicyclic) bond motifs is 1. The molecule has 0 aromatic rings. The molecule has 1 unspecified atom stereocenters. The van der Waals surface area contributed by atoms with E-state index in [0.29, 0.717) is 18.6 Å². The molecule has 1 saturated heterocycles. The predicted molar refractivity (Wildman–Crippen MR) is 78.2 cm³/mol. The van der Waals surface area contributed by atoms with Crippen molar-refractivity contribution >= 4 is 6.09 Å². The van der Waals surface area contributed by atoms with Crippen LogP contribution in [0.3, 0.4) is 0 Å². The molecule has 1 aliphatic carbocycles. The van der Waals surface area contributed by atoms with Gasteiger partial charge in [-0.3, -0.25) is 0 Å². The Hall–Kier alpha value is -1.71. The molecule has 3 rings (SSSR count). The summed E-state index contributed by atoms with van der Waals surface area (Å²) < 4.78 is 5.07. The summed E-state index contributed by atoms with van der Waals surface area (Å²) in [6.07, 6.45) is 11.8. The van der Waals surface area contributed by atoms with Gasteiger partial charge >= 0.3 is 6.09 Å². The summed E-state index contributed by atoms with van der Waals surface area (Å²) in [5, 5.41) is 3.47. The molecule has 1 fully saturated rings. The maximum absolute atomic E-state index is 11.7. The number of carbonyl (C=O) groups is 1. The van der Waals surface area contributed by atoms with Gasteiger partial charge in [-0.15, -0.1) is 0 Å². The Labute approximate surface area is 120 Å². The second-order valence-electron chi connectivity index (χ2n) is 5.57. The number of piperidine rings is 1. The Kier molecular flexibility index (Phi) is 3.81. The lowest BCUT2D eigenvalue weighted by Crippen LogP contribution is -2.39. The molecule has 2 heterocycles. The number of ether oxygens (including phenoxy) is 1. The van der Waals surface area contributed by atoms with Gasteiger partial charge in [0.15, 0.2) is 0 Å². The maximum Gasteiger partial charge on any atom is 0.409 e. The number of amides is 1. The van der Waals surface area contributed by atoms with Crippen LogP contribution in [0.1, 0.15) is 26.2 Å². The van der Waals surface area contributed by atoms with Gasteiger partial charge in [0, 0.05) is 19.3 Å². The number of allylic oxidation sites excluding steroid dienone is 2. The van der Waals surface area contributed by atoms with Crippen LogP contribution in [0.25, 0.3) is 0 Å². The van der Waals surface area contributed by atoms with Gasteiger partial charge in [-0.1, -0.05) is 18.2 Å². The molecule has 20 heavy (non-hydrogen) atoms. The molecule has 0 spiro atoms. The summed E-state index contributed by atoms with van der Waals surface area (Å²) in [6.45, 7) is 3.90. The zero-order chi connectivity index (χ0) is 13.9. The number of likely N-dealkylation sites (tertiary alicyclic amines) is 1. The highest BCUT2D eigenvalue weighted by atomic mass is 16.6. The smallest absolute Gasteiger partial charge is 0.409 e. The summed E-state index contributed by atoms with van der Waals surface area (Å²) in [5.41, 5.74) is 2.89. The minimum atomic E-state index is -0.165. The number of hydrogen-bond donors (Lipinski definition) is 1. The fourth-order valence-electron chi connectivity index (χ4n) is 3.30. The molecule has 4 heteroatoms. The van der Waals surface area contributed by atoms with E-state index in [0.717, 1.165) is 32.4 Å². The highest BCUT2D eigenvalue weighted by Crippen LogP contribution is 2.35. The highest BCUT2D eigenvalue weighted by Gasteiger charge is 2.32. The zero-order valence-corrected chi connectivity index (χ0v) is 12.0. The van der Waals surface area contributed by atoms with Crippen LogP contribution in [-0.4, -0.2) is 36.7 Å². The number of nitrogens with zero attached hydrogens (tertiary/aromatic N) is 1. The first kappa shape index (κ1) is 13.3. The molecule has 108 valence electrons. The lowest BCUT2D eigenvalue weighted by Gasteiger charge is -2.32. The molecule has 1 atom stereocenters. The van der Waals surface area contributed by atoms with E-state index in [-0.39, 0.29) is 6.09 Å². The van der Waals surface area contributed by atoms with Crippen molar-refractivity contribution in [2.75, 3.05) is 19.7 Å². The summed E-state index contributed by atoms with van der Waals surface area (Å²) in [4.78, 5) is 13.5. The Morgan fingerprint density at radius 1 is 1.40 bits per heavy atom. The molecule has 0 bridgehead atoms. The Bertz CT molecular complexity index is 471. The van der Waals surface area contributed by atoms with Gasteiger partial charge in [0.2, 0.25) is 0 Å². The van der Waals surface area contributed by atoms with E-state index >= 15 is 0 Å². The van der Waals surface area contributed by atoms with Crippen molar-refractivity contribution in [3.8, 4) is 0 Å². The minimum Gasteiger partial charge on any atom is -0.450 e. The third-order valence-corrected chi connectivity index (χ3v) is 4.39. The number of hydrogen-bond acceptors (Lipinski definition) is 3. The average molecular weight is 274 g/mol.